The molecule has 1 aliphatic rings. The van der Waals surface area contributed by atoms with E-state index in [-0.39, 0.29) is 35.5 Å². The van der Waals surface area contributed by atoms with E-state index in [9.17, 15) is 5.26 Å². The molecular formula is C24H22N8O3. The number of nitrogens with two attached hydrogens (primary N) is 2. The van der Waals surface area contributed by atoms with Crippen LogP contribution in [-0.4, -0.2) is 25.2 Å². The number of pyridine rings is 1. The van der Waals surface area contributed by atoms with Crippen LogP contribution >= 0.6 is 0 Å². The first-order valence-electron chi connectivity index (χ1n) is 10.4. The summed E-state index contributed by atoms with van der Waals surface area (Å²) in [6.45, 7) is 0.217. The third-order valence-electron chi connectivity index (χ3n) is 5.40. The number of nitrogen functional groups attached to an aromatic ring is 2. The Morgan fingerprint density at radius 3 is 2.63 bits per heavy atom. The molecule has 3 aromatic rings. The Morgan fingerprint density at radius 1 is 1.11 bits per heavy atom. The van der Waals surface area contributed by atoms with Crippen LogP contribution in [0.3, 0.4) is 0 Å². The molecule has 11 heteroatoms. The van der Waals surface area contributed by atoms with E-state index in [1.54, 1.807) is 25.3 Å². The fourth-order valence-corrected chi connectivity index (χ4v) is 3.79. The molecule has 0 bridgehead atoms. The number of aliphatic imine (C=N–C) groups is 1. The molecule has 0 spiro atoms. The molecule has 0 radical (unpaired) electrons. The van der Waals surface area contributed by atoms with Crippen LogP contribution in [0.2, 0.25) is 0 Å². The summed E-state index contributed by atoms with van der Waals surface area (Å²) in [6.07, 6.45) is 1.83. The molecule has 0 saturated carbocycles. The van der Waals surface area contributed by atoms with Crippen molar-refractivity contribution >= 4 is 23.3 Å². The number of guanidine groups is 1. The van der Waals surface area contributed by atoms with E-state index >= 15 is 0 Å². The molecular weight excluding hydrogens is 448 g/mol. The number of nitrogens with zero attached hydrogens (tertiary/aromatic N) is 4. The molecule has 6 N–H and O–H groups in total. The molecule has 1 aliphatic heterocycles. The lowest BCUT2D eigenvalue weighted by Crippen LogP contribution is -2.33. The fourth-order valence-electron chi connectivity index (χ4n) is 3.79. The molecule has 2 heterocycles. The molecule has 11 nitrogen and oxygen atoms in total. The lowest BCUT2D eigenvalue weighted by molar-refractivity contribution is 0.280. The van der Waals surface area contributed by atoms with Gasteiger partial charge in [0, 0.05) is 11.1 Å². The lowest BCUT2D eigenvalue weighted by atomic mass is 9.94. The van der Waals surface area contributed by atoms with Crippen molar-refractivity contribution in [2.75, 3.05) is 31.0 Å². The predicted octanol–water partition coefficient (Wildman–Crippen LogP) is 2.66. The minimum absolute atomic E-state index is 0.0339. The van der Waals surface area contributed by atoms with Crippen molar-refractivity contribution in [1.82, 2.24) is 10.3 Å². The topological polar surface area (TPSA) is 177 Å². The van der Waals surface area contributed by atoms with E-state index in [1.807, 2.05) is 36.5 Å². The summed E-state index contributed by atoms with van der Waals surface area (Å²) in [5.74, 6) is 1.98. The molecule has 176 valence electrons. The fraction of sp³-hybridized carbons (Fsp3) is 0.167. The standard InChI is InChI=1S/C24H22N8O3/c1-33-14-6-3-5-13(9-14)11-35-21-15(7-4-8-17(21)34-2)20-18-19(27)16(10-25)22(28)31-23(18)32-24(30-20)29-12-26/h3-9,20H,11H2,1-2H3,(H6,27,28,29,30,31,32). The molecule has 35 heavy (non-hydrogen) atoms. The Morgan fingerprint density at radius 2 is 1.91 bits per heavy atom. The number of rotatable bonds is 6. The van der Waals surface area contributed by atoms with E-state index in [4.69, 9.17) is 30.9 Å². The van der Waals surface area contributed by atoms with Crippen LogP contribution in [-0.2, 0) is 6.61 Å². The average molecular weight is 470 g/mol. The first-order valence-corrected chi connectivity index (χ1v) is 10.4. The largest absolute Gasteiger partial charge is 0.497 e. The molecule has 2 aromatic carbocycles. The van der Waals surface area contributed by atoms with Gasteiger partial charge in [0.1, 0.15) is 41.7 Å². The molecule has 0 amide bonds. The Bertz CT molecular complexity index is 1390. The van der Waals surface area contributed by atoms with Gasteiger partial charge in [-0.15, -0.1) is 0 Å². The Kier molecular flexibility index (Phi) is 6.42. The third-order valence-corrected chi connectivity index (χ3v) is 5.40. The smallest absolute Gasteiger partial charge is 0.211 e. The number of nitriles is 2. The minimum atomic E-state index is -0.780. The quantitative estimate of drug-likeness (QED) is 0.309. The summed E-state index contributed by atoms with van der Waals surface area (Å²) in [4.78, 5) is 8.90. The summed E-state index contributed by atoms with van der Waals surface area (Å²) in [6, 6.07) is 14.1. The predicted molar refractivity (Wildman–Crippen MR) is 130 cm³/mol. The second-order valence-corrected chi connectivity index (χ2v) is 7.42. The van der Waals surface area contributed by atoms with Gasteiger partial charge >= 0.3 is 0 Å². The van der Waals surface area contributed by atoms with E-state index in [0.717, 1.165) is 5.56 Å². The first kappa shape index (κ1) is 23.0. The zero-order valence-corrected chi connectivity index (χ0v) is 19.0. The van der Waals surface area contributed by atoms with Crippen molar-refractivity contribution in [3.8, 4) is 29.5 Å². The Balaban J connectivity index is 1.84. The van der Waals surface area contributed by atoms with Gasteiger partial charge in [0.25, 0.3) is 0 Å². The molecule has 1 atom stereocenters. The van der Waals surface area contributed by atoms with Gasteiger partial charge in [-0.25, -0.2) is 9.98 Å². The highest BCUT2D eigenvalue weighted by atomic mass is 16.5. The van der Waals surface area contributed by atoms with Crippen LogP contribution in [0.1, 0.15) is 28.3 Å². The van der Waals surface area contributed by atoms with Crippen LogP contribution in [0.15, 0.2) is 47.5 Å². The van der Waals surface area contributed by atoms with Gasteiger partial charge in [-0.05, 0) is 23.8 Å². The summed E-state index contributed by atoms with van der Waals surface area (Å²) in [7, 11) is 3.13. The Labute approximate surface area is 201 Å². The molecule has 0 aliphatic carbocycles. The minimum Gasteiger partial charge on any atom is -0.497 e. The maximum atomic E-state index is 9.57. The van der Waals surface area contributed by atoms with Crippen molar-refractivity contribution in [3.63, 3.8) is 0 Å². The van der Waals surface area contributed by atoms with Crippen molar-refractivity contribution in [2.24, 2.45) is 4.99 Å². The maximum Gasteiger partial charge on any atom is 0.211 e. The van der Waals surface area contributed by atoms with Gasteiger partial charge < -0.3 is 31.0 Å². The normalized spacial score (nSPS) is 13.8. The number of nitrogens with one attached hydrogen (secondary N) is 2. The highest BCUT2D eigenvalue weighted by molar-refractivity contribution is 5.98. The van der Waals surface area contributed by atoms with Gasteiger partial charge in [0.15, 0.2) is 17.7 Å². The Hall–Kier alpha value is -5.16. The van der Waals surface area contributed by atoms with Crippen LogP contribution < -0.4 is 36.3 Å². The second-order valence-electron chi connectivity index (χ2n) is 7.42. The number of hydrogen-bond donors (Lipinski definition) is 4. The summed E-state index contributed by atoms with van der Waals surface area (Å²) in [5.41, 5.74) is 14.4. The highest BCUT2D eigenvalue weighted by Crippen LogP contribution is 2.45. The number of para-hydroxylation sites is 1. The monoisotopic (exact) mass is 470 g/mol. The van der Waals surface area contributed by atoms with Crippen molar-refractivity contribution < 1.29 is 14.2 Å². The van der Waals surface area contributed by atoms with E-state index < -0.39 is 6.04 Å². The average Bonchev–Trinajstić information content (AvgIpc) is 2.87. The van der Waals surface area contributed by atoms with Gasteiger partial charge in [-0.2, -0.15) is 10.5 Å². The zero-order chi connectivity index (χ0) is 24.9. The molecule has 0 fully saturated rings. The highest BCUT2D eigenvalue weighted by Gasteiger charge is 2.32. The van der Waals surface area contributed by atoms with Gasteiger partial charge in [-0.1, -0.05) is 24.3 Å². The third kappa shape index (κ3) is 4.38. The van der Waals surface area contributed by atoms with Crippen molar-refractivity contribution in [2.45, 2.75) is 12.6 Å². The molecule has 4 rings (SSSR count). The van der Waals surface area contributed by atoms with E-state index in [1.165, 1.54) is 7.11 Å². The van der Waals surface area contributed by atoms with Gasteiger partial charge in [0.2, 0.25) is 5.96 Å². The van der Waals surface area contributed by atoms with Crippen LogP contribution in [0.5, 0.6) is 17.2 Å². The molecule has 1 unspecified atom stereocenters. The first-order chi connectivity index (χ1) is 17.0. The zero-order valence-electron chi connectivity index (χ0n) is 19.0. The number of benzene rings is 2. The van der Waals surface area contributed by atoms with E-state index in [2.05, 4.69) is 20.6 Å². The number of hydrogen-bond acceptors (Lipinski definition) is 11. The number of aromatic nitrogens is 1. The maximum absolute atomic E-state index is 9.57. The van der Waals surface area contributed by atoms with Gasteiger partial charge in [0.05, 0.1) is 19.9 Å². The number of fused-ring (bicyclic) bond motifs is 1. The number of methoxy groups -OCH3 is 2. The summed E-state index contributed by atoms with van der Waals surface area (Å²) >= 11 is 0. The van der Waals surface area contributed by atoms with E-state index in [0.29, 0.717) is 28.4 Å². The second kappa shape index (κ2) is 9.77. The number of anilines is 3. The van der Waals surface area contributed by atoms with Crippen LogP contribution in [0.4, 0.5) is 17.3 Å². The van der Waals surface area contributed by atoms with Crippen molar-refractivity contribution in [1.29, 1.82) is 10.5 Å². The summed E-state index contributed by atoms with van der Waals surface area (Å²) < 4.78 is 17.1. The molecule has 0 saturated heterocycles. The molecule has 1 aromatic heterocycles. The van der Waals surface area contributed by atoms with Crippen LogP contribution in [0, 0.1) is 22.8 Å². The van der Waals surface area contributed by atoms with Crippen LogP contribution in [0.25, 0.3) is 0 Å². The summed E-state index contributed by atoms with van der Waals surface area (Å²) in [5, 5.41) is 24.1. The SMILES string of the molecule is COc1cccc(COc2c(OC)cccc2C2N=C(NC#N)Nc3nc(N)c(C#N)c(N)c32)c1. The lowest BCUT2D eigenvalue weighted by Gasteiger charge is -2.27. The van der Waals surface area contributed by atoms with Gasteiger partial charge in [-0.3, -0.25) is 5.32 Å². The number of ether oxygens (including phenoxy) is 3. The van der Waals surface area contributed by atoms with Crippen molar-refractivity contribution in [3.05, 3.63) is 64.7 Å².